The van der Waals surface area contributed by atoms with Crippen molar-refractivity contribution in [2.45, 2.75) is 46.1 Å². The predicted molar refractivity (Wildman–Crippen MR) is 90.0 cm³/mol. The Morgan fingerprint density at radius 1 is 1.33 bits per heavy atom. The maximum absolute atomic E-state index is 12.7. The van der Waals surface area contributed by atoms with Gasteiger partial charge in [-0.05, 0) is 38.0 Å². The molecule has 0 spiro atoms. The van der Waals surface area contributed by atoms with Gasteiger partial charge in [-0.3, -0.25) is 29.4 Å². The fourth-order valence-corrected chi connectivity index (χ4v) is 2.43. The second kappa shape index (κ2) is 7.72. The van der Waals surface area contributed by atoms with E-state index >= 15 is 0 Å². The molecule has 7 nitrogen and oxygen atoms in total. The van der Waals surface area contributed by atoms with Gasteiger partial charge in [0.1, 0.15) is 5.54 Å². The second-order valence-electron chi connectivity index (χ2n) is 5.45. The Kier molecular flexibility index (Phi) is 6.22. The summed E-state index contributed by atoms with van der Waals surface area (Å²) in [7, 11) is 0. The third kappa shape index (κ3) is 3.45. The SMILES string of the molecule is CC.Cc1c(N)cccc1C(=O)N(C=O)C1(C)CCC(=O)NC1=O. The highest BCUT2D eigenvalue weighted by Crippen LogP contribution is 2.27. The number of hydrogen-bond donors (Lipinski definition) is 2. The smallest absolute Gasteiger partial charge is 0.261 e. The molecule has 130 valence electrons. The fourth-order valence-electron chi connectivity index (χ4n) is 2.43. The van der Waals surface area contributed by atoms with Crippen molar-refractivity contribution in [1.29, 1.82) is 0 Å². The summed E-state index contributed by atoms with van der Waals surface area (Å²) in [5, 5.41) is 2.16. The number of amides is 4. The van der Waals surface area contributed by atoms with Crippen LogP contribution in [0.4, 0.5) is 5.69 Å². The summed E-state index contributed by atoms with van der Waals surface area (Å²) in [5.41, 5.74) is 5.58. The fraction of sp³-hybridized carbons (Fsp3) is 0.412. The summed E-state index contributed by atoms with van der Waals surface area (Å²) in [6.07, 6.45) is 0.472. The van der Waals surface area contributed by atoms with Crippen molar-refractivity contribution in [3.63, 3.8) is 0 Å². The number of benzene rings is 1. The van der Waals surface area contributed by atoms with Gasteiger partial charge in [-0.1, -0.05) is 19.9 Å². The van der Waals surface area contributed by atoms with Crippen LogP contribution in [-0.2, 0) is 14.4 Å². The van der Waals surface area contributed by atoms with Gasteiger partial charge in [0.15, 0.2) is 0 Å². The molecule has 1 aliphatic heterocycles. The average molecular weight is 333 g/mol. The molecule has 7 heteroatoms. The van der Waals surface area contributed by atoms with E-state index in [0.29, 0.717) is 17.7 Å². The zero-order valence-corrected chi connectivity index (χ0v) is 14.4. The third-order valence-electron chi connectivity index (χ3n) is 4.04. The van der Waals surface area contributed by atoms with Gasteiger partial charge in [-0.2, -0.15) is 0 Å². The summed E-state index contributed by atoms with van der Waals surface area (Å²) in [5.74, 6) is -1.70. The van der Waals surface area contributed by atoms with Crippen LogP contribution < -0.4 is 11.1 Å². The minimum Gasteiger partial charge on any atom is -0.398 e. The molecule has 1 saturated heterocycles. The summed E-state index contributed by atoms with van der Waals surface area (Å²) < 4.78 is 0. The first-order valence-electron chi connectivity index (χ1n) is 7.79. The highest BCUT2D eigenvalue weighted by molar-refractivity contribution is 6.09. The molecule has 1 aromatic rings. The Balaban J connectivity index is 0.00000139. The average Bonchev–Trinajstić information content (AvgIpc) is 2.56. The first-order valence-corrected chi connectivity index (χ1v) is 7.79. The molecule has 1 atom stereocenters. The van der Waals surface area contributed by atoms with Crippen molar-refractivity contribution in [3.05, 3.63) is 29.3 Å². The lowest BCUT2D eigenvalue weighted by Crippen LogP contribution is -2.62. The van der Waals surface area contributed by atoms with Gasteiger partial charge in [-0.25, -0.2) is 0 Å². The summed E-state index contributed by atoms with van der Waals surface area (Å²) in [6, 6.07) is 4.79. The van der Waals surface area contributed by atoms with Crippen molar-refractivity contribution in [3.8, 4) is 0 Å². The van der Waals surface area contributed by atoms with Gasteiger partial charge in [-0.15, -0.1) is 0 Å². The van der Waals surface area contributed by atoms with Crippen LogP contribution in [-0.4, -0.2) is 34.6 Å². The Bertz CT molecular complexity index is 672. The minimum absolute atomic E-state index is 0.0652. The number of nitrogens with two attached hydrogens (primary N) is 1. The van der Waals surface area contributed by atoms with E-state index in [1.165, 1.54) is 6.92 Å². The first-order chi connectivity index (χ1) is 11.3. The van der Waals surface area contributed by atoms with Gasteiger partial charge in [0.2, 0.25) is 12.3 Å². The van der Waals surface area contributed by atoms with E-state index in [1.807, 2.05) is 13.8 Å². The van der Waals surface area contributed by atoms with Gasteiger partial charge in [0.25, 0.3) is 11.8 Å². The second-order valence-corrected chi connectivity index (χ2v) is 5.45. The van der Waals surface area contributed by atoms with E-state index in [-0.39, 0.29) is 18.4 Å². The molecule has 1 unspecified atom stereocenters. The standard InChI is InChI=1S/C15H17N3O4.C2H6/c1-9-10(4-3-5-11(9)16)13(21)18(8-19)15(2)7-6-12(20)17-14(15)22;1-2/h3-5,8H,6-7,16H2,1-2H3,(H,17,20,22);1-2H3. The van der Waals surface area contributed by atoms with Crippen LogP contribution >= 0.6 is 0 Å². The number of carbonyl (C=O) groups is 4. The van der Waals surface area contributed by atoms with E-state index in [9.17, 15) is 19.2 Å². The van der Waals surface area contributed by atoms with E-state index in [1.54, 1.807) is 25.1 Å². The number of imide groups is 2. The molecule has 1 aliphatic rings. The first kappa shape index (κ1) is 19.3. The minimum atomic E-state index is -1.40. The molecule has 24 heavy (non-hydrogen) atoms. The van der Waals surface area contributed by atoms with Crippen LogP contribution in [0.2, 0.25) is 0 Å². The number of nitrogen functional groups attached to an aromatic ring is 1. The summed E-state index contributed by atoms with van der Waals surface area (Å²) in [6.45, 7) is 7.13. The van der Waals surface area contributed by atoms with Crippen LogP contribution in [0, 0.1) is 6.92 Å². The van der Waals surface area contributed by atoms with Crippen molar-refractivity contribution >= 4 is 29.8 Å². The lowest BCUT2D eigenvalue weighted by molar-refractivity contribution is -0.145. The van der Waals surface area contributed by atoms with Crippen LogP contribution in [0.5, 0.6) is 0 Å². The molecule has 0 aromatic heterocycles. The number of nitrogens with one attached hydrogen (secondary N) is 1. The molecule has 1 aromatic carbocycles. The lowest BCUT2D eigenvalue weighted by atomic mass is 9.88. The quantitative estimate of drug-likeness (QED) is 0.493. The summed E-state index contributed by atoms with van der Waals surface area (Å²) >= 11 is 0. The maximum Gasteiger partial charge on any atom is 0.261 e. The van der Waals surface area contributed by atoms with Gasteiger partial charge >= 0.3 is 0 Å². The Morgan fingerprint density at radius 3 is 2.50 bits per heavy atom. The monoisotopic (exact) mass is 333 g/mol. The summed E-state index contributed by atoms with van der Waals surface area (Å²) in [4.78, 5) is 48.3. The molecule has 1 fully saturated rings. The molecular weight excluding hydrogens is 310 g/mol. The predicted octanol–water partition coefficient (Wildman–Crippen LogP) is 1.40. The Labute approximate surface area is 141 Å². The van der Waals surface area contributed by atoms with E-state index in [0.717, 1.165) is 4.90 Å². The molecule has 2 rings (SSSR count). The molecule has 4 amide bonds. The zero-order valence-electron chi connectivity index (χ0n) is 14.4. The molecule has 0 radical (unpaired) electrons. The van der Waals surface area contributed by atoms with E-state index < -0.39 is 23.3 Å². The highest BCUT2D eigenvalue weighted by Gasteiger charge is 2.46. The van der Waals surface area contributed by atoms with E-state index in [2.05, 4.69) is 5.32 Å². The van der Waals surface area contributed by atoms with Crippen molar-refractivity contribution in [2.24, 2.45) is 0 Å². The number of hydrogen-bond acceptors (Lipinski definition) is 5. The molecule has 0 aliphatic carbocycles. The van der Waals surface area contributed by atoms with Crippen molar-refractivity contribution < 1.29 is 19.2 Å². The third-order valence-corrected chi connectivity index (χ3v) is 4.04. The van der Waals surface area contributed by atoms with Crippen LogP contribution in [0.3, 0.4) is 0 Å². The van der Waals surface area contributed by atoms with Crippen LogP contribution in [0.15, 0.2) is 18.2 Å². The van der Waals surface area contributed by atoms with Gasteiger partial charge < -0.3 is 5.73 Å². The largest absolute Gasteiger partial charge is 0.398 e. The number of piperidine rings is 1. The molecule has 3 N–H and O–H groups in total. The Morgan fingerprint density at radius 2 is 1.96 bits per heavy atom. The highest BCUT2D eigenvalue weighted by atomic mass is 16.2. The van der Waals surface area contributed by atoms with Gasteiger partial charge in [0, 0.05) is 17.7 Å². The molecular formula is C17H23N3O4. The number of nitrogens with zero attached hydrogens (tertiary/aromatic N) is 1. The lowest BCUT2D eigenvalue weighted by Gasteiger charge is -2.38. The van der Waals surface area contributed by atoms with Gasteiger partial charge in [0.05, 0.1) is 0 Å². The van der Waals surface area contributed by atoms with Crippen molar-refractivity contribution in [2.75, 3.05) is 5.73 Å². The number of anilines is 1. The van der Waals surface area contributed by atoms with Crippen molar-refractivity contribution in [1.82, 2.24) is 10.2 Å². The maximum atomic E-state index is 12.7. The zero-order chi connectivity index (χ0) is 18.5. The van der Waals surface area contributed by atoms with Crippen LogP contribution in [0.25, 0.3) is 0 Å². The molecule has 1 heterocycles. The topological polar surface area (TPSA) is 110 Å². The number of carbonyl (C=O) groups excluding carboxylic acids is 4. The van der Waals surface area contributed by atoms with Crippen LogP contribution in [0.1, 0.15) is 49.5 Å². The normalized spacial score (nSPS) is 19.7. The molecule has 0 saturated carbocycles. The number of rotatable bonds is 3. The Hall–Kier alpha value is -2.70. The molecule has 0 bridgehead atoms. The van der Waals surface area contributed by atoms with E-state index in [4.69, 9.17) is 5.73 Å².